The Labute approximate surface area is 232 Å². The van der Waals surface area contributed by atoms with E-state index in [1.165, 1.54) is 11.1 Å². The fourth-order valence-corrected chi connectivity index (χ4v) is 6.02. The van der Waals surface area contributed by atoms with Gasteiger partial charge < -0.3 is 24.2 Å². The van der Waals surface area contributed by atoms with E-state index in [-0.39, 0.29) is 17.8 Å². The maximum atomic E-state index is 9.92. The third-order valence-corrected chi connectivity index (χ3v) is 7.55. The maximum Gasteiger partial charge on any atom is 0.226 e. The van der Waals surface area contributed by atoms with Crippen molar-refractivity contribution >= 4 is 34.3 Å². The monoisotopic (exact) mass is 549 g/mol. The molecule has 0 saturated carbocycles. The molecule has 1 N–H and O–H groups in total. The van der Waals surface area contributed by atoms with Crippen molar-refractivity contribution < 1.29 is 19.3 Å². The number of fused-ring (bicyclic) bond motifs is 3. The van der Waals surface area contributed by atoms with Crippen molar-refractivity contribution in [1.82, 2.24) is 19.5 Å². The van der Waals surface area contributed by atoms with Gasteiger partial charge >= 0.3 is 0 Å². The van der Waals surface area contributed by atoms with Gasteiger partial charge in [0.15, 0.2) is 29.0 Å². The number of anilines is 2. The van der Waals surface area contributed by atoms with Gasteiger partial charge in [-0.1, -0.05) is 62.4 Å². The minimum absolute atomic E-state index is 0.113. The van der Waals surface area contributed by atoms with Gasteiger partial charge in [0.25, 0.3) is 0 Å². The third kappa shape index (κ3) is 4.38. The van der Waals surface area contributed by atoms with Gasteiger partial charge in [-0.15, -0.1) is 0 Å². The summed E-state index contributed by atoms with van der Waals surface area (Å²) in [7, 11) is 0. The Bertz CT molecular complexity index is 1480. The fourth-order valence-electron chi connectivity index (χ4n) is 5.86. The van der Waals surface area contributed by atoms with E-state index in [0.29, 0.717) is 23.5 Å². The largest absolute Gasteiger partial charge is 0.394 e. The molecule has 0 amide bonds. The summed E-state index contributed by atoms with van der Waals surface area (Å²) in [6, 6.07) is 18.8. The SMILES string of the molecule is CC.CC1(C)OC2C(CO)OC(n3cnc4c(N5CC(c6ccccc6)c6ccccc65)nc(Cl)nc43)C2O1. The summed E-state index contributed by atoms with van der Waals surface area (Å²) < 4.78 is 20.2. The molecule has 9 nitrogen and oxygen atoms in total. The van der Waals surface area contributed by atoms with Gasteiger partial charge in [0.2, 0.25) is 5.28 Å². The zero-order chi connectivity index (χ0) is 27.3. The molecule has 2 saturated heterocycles. The first-order valence-electron chi connectivity index (χ1n) is 13.4. The molecule has 10 heteroatoms. The Morgan fingerprint density at radius 2 is 1.72 bits per heavy atom. The molecular formula is C29H32ClN5O4. The molecule has 39 heavy (non-hydrogen) atoms. The summed E-state index contributed by atoms with van der Waals surface area (Å²) in [4.78, 5) is 16.1. The zero-order valence-electron chi connectivity index (χ0n) is 22.4. The molecule has 3 aliphatic heterocycles. The van der Waals surface area contributed by atoms with E-state index in [4.69, 9.17) is 30.8 Å². The molecule has 7 rings (SSSR count). The van der Waals surface area contributed by atoms with Gasteiger partial charge in [0.1, 0.15) is 18.3 Å². The number of hydrogen-bond acceptors (Lipinski definition) is 8. The number of imidazole rings is 1. The van der Waals surface area contributed by atoms with Crippen LogP contribution in [0, 0.1) is 0 Å². The van der Waals surface area contributed by atoms with Crippen molar-refractivity contribution in [2.45, 2.75) is 63.9 Å². The van der Waals surface area contributed by atoms with Gasteiger partial charge in [-0.05, 0) is 42.6 Å². The number of nitrogens with zero attached hydrogens (tertiary/aromatic N) is 5. The van der Waals surface area contributed by atoms with E-state index < -0.39 is 30.3 Å². The van der Waals surface area contributed by atoms with E-state index in [0.717, 1.165) is 5.69 Å². The van der Waals surface area contributed by atoms with E-state index in [1.807, 2.05) is 39.8 Å². The Balaban J connectivity index is 0.00000135. The van der Waals surface area contributed by atoms with Crippen LogP contribution < -0.4 is 4.90 Å². The lowest BCUT2D eigenvalue weighted by molar-refractivity contribution is -0.199. The van der Waals surface area contributed by atoms with E-state index >= 15 is 0 Å². The molecule has 2 fully saturated rings. The fraction of sp³-hybridized carbons (Fsp3) is 0.414. The lowest BCUT2D eigenvalue weighted by Gasteiger charge is -2.24. The van der Waals surface area contributed by atoms with Crippen LogP contribution in [0.4, 0.5) is 11.5 Å². The van der Waals surface area contributed by atoms with Gasteiger partial charge in [-0.3, -0.25) is 4.57 Å². The Hall–Kier alpha value is -3.08. The number of ether oxygens (including phenoxy) is 3. The second kappa shape index (κ2) is 10.1. The Kier molecular flexibility index (Phi) is 6.81. The summed E-state index contributed by atoms with van der Waals surface area (Å²) >= 11 is 6.50. The van der Waals surface area contributed by atoms with Gasteiger partial charge in [0, 0.05) is 18.2 Å². The number of aliphatic hydroxyl groups is 1. The van der Waals surface area contributed by atoms with Crippen LogP contribution in [0.3, 0.4) is 0 Å². The summed E-state index contributed by atoms with van der Waals surface area (Å²) in [5.74, 6) is 0.0283. The van der Waals surface area contributed by atoms with Crippen molar-refractivity contribution in [2.75, 3.05) is 18.1 Å². The predicted molar refractivity (Wildman–Crippen MR) is 148 cm³/mol. The lowest BCUT2D eigenvalue weighted by Crippen LogP contribution is -2.31. The first kappa shape index (κ1) is 26.2. The quantitative estimate of drug-likeness (QED) is 0.347. The molecule has 5 unspecified atom stereocenters. The summed E-state index contributed by atoms with van der Waals surface area (Å²) in [6.07, 6.45) is -0.279. The van der Waals surface area contributed by atoms with Crippen LogP contribution in [0.25, 0.3) is 11.2 Å². The molecular weight excluding hydrogens is 518 g/mol. The smallest absolute Gasteiger partial charge is 0.226 e. The van der Waals surface area contributed by atoms with E-state index in [1.54, 1.807) is 10.9 Å². The highest BCUT2D eigenvalue weighted by Gasteiger charge is 2.56. The highest BCUT2D eigenvalue weighted by molar-refractivity contribution is 6.28. The average molecular weight is 550 g/mol. The molecule has 0 radical (unpaired) electrons. The Morgan fingerprint density at radius 1 is 1.00 bits per heavy atom. The normalized spacial score (nSPS) is 26.8. The number of rotatable bonds is 4. The third-order valence-electron chi connectivity index (χ3n) is 7.38. The number of aromatic nitrogens is 4. The van der Waals surface area contributed by atoms with E-state index in [9.17, 15) is 5.11 Å². The van der Waals surface area contributed by atoms with Crippen LogP contribution in [-0.2, 0) is 14.2 Å². The maximum absolute atomic E-state index is 9.92. The second-order valence-corrected chi connectivity index (χ2v) is 10.4. The van der Waals surface area contributed by atoms with Crippen LogP contribution >= 0.6 is 11.6 Å². The van der Waals surface area contributed by atoms with Crippen LogP contribution in [-0.4, -0.2) is 61.9 Å². The van der Waals surface area contributed by atoms with E-state index in [2.05, 4.69) is 57.3 Å². The molecule has 204 valence electrons. The highest BCUT2D eigenvalue weighted by atomic mass is 35.5. The minimum atomic E-state index is -0.787. The number of halogens is 1. The summed E-state index contributed by atoms with van der Waals surface area (Å²) in [5, 5.41) is 10.0. The first-order chi connectivity index (χ1) is 18.9. The molecule has 4 aromatic rings. The van der Waals surface area contributed by atoms with Crippen LogP contribution in [0.15, 0.2) is 60.9 Å². The van der Waals surface area contributed by atoms with Crippen molar-refractivity contribution in [3.8, 4) is 0 Å². The molecule has 0 aliphatic carbocycles. The first-order valence-corrected chi connectivity index (χ1v) is 13.7. The second-order valence-electron chi connectivity index (χ2n) is 10.1. The number of para-hydroxylation sites is 1. The molecule has 0 spiro atoms. The topological polar surface area (TPSA) is 94.8 Å². The number of hydrogen-bond donors (Lipinski definition) is 1. The number of aliphatic hydroxyl groups excluding tert-OH is 1. The molecule has 5 heterocycles. The predicted octanol–water partition coefficient (Wildman–Crippen LogP) is 5.20. The zero-order valence-corrected chi connectivity index (χ0v) is 23.1. The van der Waals surface area contributed by atoms with Crippen molar-refractivity contribution in [3.05, 3.63) is 77.3 Å². The van der Waals surface area contributed by atoms with Crippen molar-refractivity contribution in [3.63, 3.8) is 0 Å². The molecule has 2 aromatic heterocycles. The van der Waals surface area contributed by atoms with Crippen molar-refractivity contribution in [2.24, 2.45) is 0 Å². The van der Waals surface area contributed by atoms with Crippen LogP contribution in [0.2, 0.25) is 5.28 Å². The van der Waals surface area contributed by atoms with Gasteiger partial charge in [0.05, 0.1) is 12.9 Å². The highest BCUT2D eigenvalue weighted by Crippen LogP contribution is 2.46. The summed E-state index contributed by atoms with van der Waals surface area (Å²) in [6.45, 7) is 8.22. The minimum Gasteiger partial charge on any atom is -0.394 e. The molecule has 0 bridgehead atoms. The molecule has 3 aliphatic rings. The van der Waals surface area contributed by atoms with Gasteiger partial charge in [-0.2, -0.15) is 9.97 Å². The van der Waals surface area contributed by atoms with Gasteiger partial charge in [-0.25, -0.2) is 4.98 Å². The number of benzene rings is 2. The average Bonchev–Trinajstić information content (AvgIpc) is 3.70. The van der Waals surface area contributed by atoms with Crippen molar-refractivity contribution in [1.29, 1.82) is 0 Å². The standard InChI is InChI=1S/C27H26ClN5O4.C2H6/c1-27(2)36-21-19(13-34)35-25(22(21)37-27)33-14-29-20-23(30-26(28)31-24(20)33)32-12-17(15-8-4-3-5-9-15)16-10-6-7-11-18(16)32;1-2/h3-11,14,17,19,21-22,25,34H,12-13H2,1-2H3;1-2H3. The molecule has 5 atom stereocenters. The van der Waals surface area contributed by atoms with Crippen LogP contribution in [0.1, 0.15) is 51.0 Å². The molecule has 2 aromatic carbocycles. The van der Waals surface area contributed by atoms with Crippen LogP contribution in [0.5, 0.6) is 0 Å². The summed E-state index contributed by atoms with van der Waals surface area (Å²) in [5.41, 5.74) is 4.67. The lowest BCUT2D eigenvalue weighted by atomic mass is 9.93. The Morgan fingerprint density at radius 3 is 2.49 bits per heavy atom.